The van der Waals surface area contributed by atoms with Gasteiger partial charge in [-0.15, -0.1) is 0 Å². The summed E-state index contributed by atoms with van der Waals surface area (Å²) in [4.78, 5) is 20.4. The van der Waals surface area contributed by atoms with Crippen molar-refractivity contribution in [3.05, 3.63) is 42.4 Å². The van der Waals surface area contributed by atoms with E-state index < -0.39 is 0 Å². The Morgan fingerprint density at radius 2 is 2.03 bits per heavy atom. The lowest BCUT2D eigenvalue weighted by molar-refractivity contribution is -0.141. The Bertz CT molecular complexity index is 986. The van der Waals surface area contributed by atoms with Crippen molar-refractivity contribution >= 4 is 22.8 Å². The van der Waals surface area contributed by atoms with Gasteiger partial charge in [0.25, 0.3) is 0 Å². The summed E-state index contributed by atoms with van der Waals surface area (Å²) in [5.41, 5.74) is 1.67. The summed E-state index contributed by atoms with van der Waals surface area (Å²) in [6.45, 7) is 7.14. The molecule has 1 N–H and O–H groups in total. The van der Waals surface area contributed by atoms with Crippen LogP contribution in [0.2, 0.25) is 0 Å². The van der Waals surface area contributed by atoms with Crippen molar-refractivity contribution in [1.82, 2.24) is 19.7 Å². The Morgan fingerprint density at radius 1 is 1.23 bits per heavy atom. The molecule has 1 aromatic carbocycles. The van der Waals surface area contributed by atoms with Crippen LogP contribution in [0.25, 0.3) is 11.0 Å². The molecule has 0 aliphatic carbocycles. The second-order valence-corrected chi connectivity index (χ2v) is 7.55. The van der Waals surface area contributed by atoms with Crippen LogP contribution in [-0.2, 0) is 16.1 Å². The van der Waals surface area contributed by atoms with Crippen molar-refractivity contribution in [3.8, 4) is 5.75 Å². The predicted molar refractivity (Wildman–Crippen MR) is 115 cm³/mol. The average Bonchev–Trinajstić information content (AvgIpc) is 3.15. The first-order chi connectivity index (χ1) is 14.5. The quantitative estimate of drug-likeness (QED) is 0.504. The summed E-state index contributed by atoms with van der Waals surface area (Å²) >= 11 is 0. The van der Waals surface area contributed by atoms with Crippen LogP contribution in [0.5, 0.6) is 5.75 Å². The second-order valence-electron chi connectivity index (χ2n) is 7.55. The summed E-state index contributed by atoms with van der Waals surface area (Å²) in [6, 6.07) is 8.10. The predicted octanol–water partition coefficient (Wildman–Crippen LogP) is 3.99. The van der Waals surface area contributed by atoms with E-state index in [1.54, 1.807) is 6.20 Å². The SMILES string of the molecule is CCCOc1ccccc1[C@H](CC(C)C)Nc1ncnc2c1cnn2CC(=O)OC. The number of hydrogen-bond acceptors (Lipinski definition) is 7. The zero-order chi connectivity index (χ0) is 21.5. The van der Waals surface area contributed by atoms with Crippen molar-refractivity contribution in [2.24, 2.45) is 5.92 Å². The van der Waals surface area contributed by atoms with Crippen molar-refractivity contribution in [2.75, 3.05) is 19.0 Å². The average molecular weight is 412 g/mol. The molecule has 0 saturated carbocycles. The highest BCUT2D eigenvalue weighted by atomic mass is 16.5. The molecular formula is C22H29N5O3. The number of fused-ring (bicyclic) bond motifs is 1. The highest BCUT2D eigenvalue weighted by molar-refractivity contribution is 5.87. The smallest absolute Gasteiger partial charge is 0.327 e. The molecule has 8 heteroatoms. The molecule has 2 heterocycles. The van der Waals surface area contributed by atoms with Crippen LogP contribution in [0.15, 0.2) is 36.8 Å². The fraction of sp³-hybridized carbons (Fsp3) is 0.455. The number of nitrogens with zero attached hydrogens (tertiary/aromatic N) is 4. The van der Waals surface area contributed by atoms with Crippen molar-refractivity contribution in [1.29, 1.82) is 0 Å². The van der Waals surface area contributed by atoms with E-state index in [4.69, 9.17) is 9.47 Å². The number of carbonyl (C=O) groups excluding carboxylic acids is 1. The van der Waals surface area contributed by atoms with E-state index in [1.807, 2.05) is 18.2 Å². The summed E-state index contributed by atoms with van der Waals surface area (Å²) in [6.07, 6.45) is 5.00. The van der Waals surface area contributed by atoms with Crippen molar-refractivity contribution < 1.29 is 14.3 Å². The summed E-state index contributed by atoms with van der Waals surface area (Å²) in [5.74, 6) is 1.63. The molecular weight excluding hydrogens is 382 g/mol. The molecule has 8 nitrogen and oxygen atoms in total. The number of ether oxygens (including phenoxy) is 2. The van der Waals surface area contributed by atoms with Crippen molar-refractivity contribution in [3.63, 3.8) is 0 Å². The topological polar surface area (TPSA) is 91.2 Å². The van der Waals surface area contributed by atoms with Gasteiger partial charge in [-0.3, -0.25) is 4.79 Å². The van der Waals surface area contributed by atoms with Crippen LogP contribution >= 0.6 is 0 Å². The molecule has 2 aromatic heterocycles. The van der Waals surface area contributed by atoms with E-state index in [0.717, 1.165) is 29.5 Å². The Morgan fingerprint density at radius 3 is 2.77 bits per heavy atom. The van der Waals surface area contributed by atoms with E-state index in [2.05, 4.69) is 47.2 Å². The van der Waals surface area contributed by atoms with Gasteiger partial charge in [0.2, 0.25) is 0 Å². The summed E-state index contributed by atoms with van der Waals surface area (Å²) < 4.78 is 12.3. The standard InChI is InChI=1S/C22H29N5O3/c1-5-10-30-19-9-7-6-8-16(19)18(11-15(2)3)26-21-17-12-25-27(13-20(28)29-4)22(17)24-14-23-21/h6-9,12,14-15,18H,5,10-11,13H2,1-4H3,(H,23,24,26)/t18-/m0/s1. The second kappa shape index (κ2) is 10.0. The summed E-state index contributed by atoms with van der Waals surface area (Å²) in [5, 5.41) is 8.61. The maximum Gasteiger partial charge on any atom is 0.327 e. The number of methoxy groups -OCH3 is 1. The van der Waals surface area contributed by atoms with Crippen LogP contribution in [0.1, 0.15) is 45.2 Å². The Hall–Kier alpha value is -3.16. The number of anilines is 1. The number of para-hydroxylation sites is 1. The molecule has 0 unspecified atom stereocenters. The number of esters is 1. The number of nitrogens with one attached hydrogen (secondary N) is 1. The molecule has 0 bridgehead atoms. The molecule has 160 valence electrons. The van der Waals surface area contributed by atoms with Gasteiger partial charge in [-0.05, 0) is 24.8 Å². The van der Waals surface area contributed by atoms with E-state index >= 15 is 0 Å². The lowest BCUT2D eigenvalue weighted by atomic mass is 9.96. The minimum Gasteiger partial charge on any atom is -0.493 e. The van der Waals surface area contributed by atoms with Gasteiger partial charge < -0.3 is 14.8 Å². The highest BCUT2D eigenvalue weighted by Gasteiger charge is 2.20. The van der Waals surface area contributed by atoms with E-state index in [0.29, 0.717) is 24.0 Å². The van der Waals surface area contributed by atoms with E-state index in [1.165, 1.54) is 18.1 Å². The van der Waals surface area contributed by atoms with Gasteiger partial charge in [-0.25, -0.2) is 14.6 Å². The molecule has 0 fully saturated rings. The maximum atomic E-state index is 11.7. The molecule has 0 amide bonds. The van der Waals surface area contributed by atoms with E-state index in [-0.39, 0.29) is 18.6 Å². The van der Waals surface area contributed by atoms with Crippen LogP contribution in [0.4, 0.5) is 5.82 Å². The first-order valence-corrected chi connectivity index (χ1v) is 10.2. The summed E-state index contributed by atoms with van der Waals surface area (Å²) in [7, 11) is 1.35. The van der Waals surface area contributed by atoms with Gasteiger partial charge in [0, 0.05) is 5.56 Å². The molecule has 3 aromatic rings. The van der Waals surface area contributed by atoms with Gasteiger partial charge in [0.1, 0.15) is 24.4 Å². The Balaban J connectivity index is 1.95. The van der Waals surface area contributed by atoms with Crippen LogP contribution in [-0.4, -0.2) is 39.4 Å². The largest absolute Gasteiger partial charge is 0.493 e. The van der Waals surface area contributed by atoms with Crippen LogP contribution < -0.4 is 10.1 Å². The van der Waals surface area contributed by atoms with Crippen molar-refractivity contribution in [2.45, 2.75) is 46.2 Å². The third kappa shape index (κ3) is 5.06. The molecule has 0 aliphatic heterocycles. The van der Waals surface area contributed by atoms with Gasteiger partial charge in [0.15, 0.2) is 5.65 Å². The monoisotopic (exact) mass is 411 g/mol. The van der Waals surface area contributed by atoms with Crippen LogP contribution in [0, 0.1) is 5.92 Å². The van der Waals surface area contributed by atoms with E-state index in [9.17, 15) is 4.79 Å². The molecule has 1 atom stereocenters. The minimum absolute atomic E-state index is 0.000105. The highest BCUT2D eigenvalue weighted by Crippen LogP contribution is 2.33. The third-order valence-corrected chi connectivity index (χ3v) is 4.71. The first-order valence-electron chi connectivity index (χ1n) is 10.2. The number of rotatable bonds is 10. The zero-order valence-corrected chi connectivity index (χ0v) is 18.0. The van der Waals surface area contributed by atoms with Gasteiger partial charge >= 0.3 is 5.97 Å². The minimum atomic E-state index is -0.382. The number of benzene rings is 1. The maximum absolute atomic E-state index is 11.7. The number of carbonyl (C=O) groups is 1. The molecule has 0 spiro atoms. The fourth-order valence-electron chi connectivity index (χ4n) is 3.32. The van der Waals surface area contributed by atoms with Gasteiger partial charge in [-0.2, -0.15) is 5.10 Å². The third-order valence-electron chi connectivity index (χ3n) is 4.71. The molecule has 3 rings (SSSR count). The number of aromatic nitrogens is 4. The molecule has 0 aliphatic rings. The fourth-order valence-corrected chi connectivity index (χ4v) is 3.32. The lowest BCUT2D eigenvalue weighted by Crippen LogP contribution is -2.16. The molecule has 30 heavy (non-hydrogen) atoms. The Labute approximate surface area is 176 Å². The van der Waals surface area contributed by atoms with Gasteiger partial charge in [0.05, 0.1) is 31.3 Å². The lowest BCUT2D eigenvalue weighted by Gasteiger charge is -2.24. The number of hydrogen-bond donors (Lipinski definition) is 1. The zero-order valence-electron chi connectivity index (χ0n) is 18.0. The Kier molecular flexibility index (Phi) is 7.21. The first kappa shape index (κ1) is 21.5. The normalized spacial score (nSPS) is 12.2. The van der Waals surface area contributed by atoms with Crippen LogP contribution in [0.3, 0.4) is 0 Å². The molecule has 0 radical (unpaired) electrons. The molecule has 0 saturated heterocycles. The van der Waals surface area contributed by atoms with Gasteiger partial charge in [-0.1, -0.05) is 39.0 Å².